The molecule has 1 aliphatic rings. The summed E-state index contributed by atoms with van der Waals surface area (Å²) < 4.78 is 15.8. The minimum absolute atomic E-state index is 0.147. The van der Waals surface area contributed by atoms with Gasteiger partial charge in [0, 0.05) is 25.2 Å². The van der Waals surface area contributed by atoms with Crippen LogP contribution in [0.15, 0.2) is 36.5 Å². The fourth-order valence-electron chi connectivity index (χ4n) is 3.37. The van der Waals surface area contributed by atoms with Crippen LogP contribution in [0, 0.1) is 18.7 Å². The summed E-state index contributed by atoms with van der Waals surface area (Å²) in [4.78, 5) is 14.6. The van der Waals surface area contributed by atoms with E-state index in [1.807, 2.05) is 17.4 Å². The molecular formula is C19H19ClFN5O. The molecule has 140 valence electrons. The van der Waals surface area contributed by atoms with Gasteiger partial charge < -0.3 is 10.2 Å². The lowest BCUT2D eigenvalue weighted by Gasteiger charge is -2.31. The monoisotopic (exact) mass is 387 g/mol. The molecule has 2 aromatic heterocycles. The molecule has 27 heavy (non-hydrogen) atoms. The summed E-state index contributed by atoms with van der Waals surface area (Å²) in [7, 11) is 0. The van der Waals surface area contributed by atoms with Crippen molar-refractivity contribution >= 4 is 34.8 Å². The number of fused-ring (bicyclic) bond motifs is 1. The van der Waals surface area contributed by atoms with Crippen LogP contribution in [0.25, 0.3) is 5.65 Å². The number of rotatable bonds is 3. The number of pyridine rings is 1. The lowest BCUT2D eigenvalue weighted by atomic mass is 9.96. The Morgan fingerprint density at radius 2 is 2.00 bits per heavy atom. The van der Waals surface area contributed by atoms with Crippen LogP contribution in [0.5, 0.6) is 0 Å². The molecule has 0 bridgehead atoms. The topological polar surface area (TPSA) is 62.5 Å². The molecule has 1 N–H and O–H groups in total. The third-order valence-electron chi connectivity index (χ3n) is 4.88. The van der Waals surface area contributed by atoms with Crippen molar-refractivity contribution in [3.8, 4) is 0 Å². The maximum atomic E-state index is 14.0. The highest BCUT2D eigenvalue weighted by molar-refractivity contribution is 6.30. The first-order valence-electron chi connectivity index (χ1n) is 8.83. The highest BCUT2D eigenvalue weighted by Crippen LogP contribution is 2.25. The van der Waals surface area contributed by atoms with Gasteiger partial charge in [0.25, 0.3) is 0 Å². The molecule has 0 unspecified atom stereocenters. The van der Waals surface area contributed by atoms with Gasteiger partial charge in [0.1, 0.15) is 5.82 Å². The van der Waals surface area contributed by atoms with Gasteiger partial charge in [0.15, 0.2) is 5.65 Å². The van der Waals surface area contributed by atoms with E-state index < -0.39 is 5.82 Å². The number of amides is 1. The molecule has 1 saturated heterocycles. The Morgan fingerprint density at radius 3 is 2.74 bits per heavy atom. The zero-order valence-electron chi connectivity index (χ0n) is 14.8. The SMILES string of the molecule is Cc1ccc(NC(=O)C2CCN(c3nnc4ccc(Cl)cn34)CC2)c(F)c1. The average Bonchev–Trinajstić information content (AvgIpc) is 3.07. The van der Waals surface area contributed by atoms with Crippen molar-refractivity contribution in [2.45, 2.75) is 19.8 Å². The van der Waals surface area contributed by atoms with E-state index in [9.17, 15) is 9.18 Å². The van der Waals surface area contributed by atoms with Crippen molar-refractivity contribution < 1.29 is 9.18 Å². The van der Waals surface area contributed by atoms with Crippen LogP contribution in [-0.4, -0.2) is 33.6 Å². The molecule has 1 fully saturated rings. The molecule has 6 nitrogen and oxygen atoms in total. The van der Waals surface area contributed by atoms with Gasteiger partial charge in [-0.15, -0.1) is 10.2 Å². The Morgan fingerprint density at radius 1 is 1.22 bits per heavy atom. The first-order chi connectivity index (χ1) is 13.0. The van der Waals surface area contributed by atoms with Gasteiger partial charge in [0.2, 0.25) is 11.9 Å². The van der Waals surface area contributed by atoms with Gasteiger partial charge >= 0.3 is 0 Å². The number of carbonyl (C=O) groups is 1. The molecule has 0 radical (unpaired) electrons. The highest BCUT2D eigenvalue weighted by Gasteiger charge is 2.27. The number of anilines is 2. The van der Waals surface area contributed by atoms with Crippen LogP contribution in [0.2, 0.25) is 5.02 Å². The Balaban J connectivity index is 1.42. The molecule has 0 atom stereocenters. The van der Waals surface area contributed by atoms with Crippen molar-refractivity contribution in [3.63, 3.8) is 0 Å². The molecule has 0 aliphatic carbocycles. The average molecular weight is 388 g/mol. The molecule has 3 aromatic rings. The number of aromatic nitrogens is 3. The predicted molar refractivity (Wildman–Crippen MR) is 103 cm³/mol. The van der Waals surface area contributed by atoms with Crippen LogP contribution >= 0.6 is 11.6 Å². The molecule has 1 aromatic carbocycles. The third-order valence-corrected chi connectivity index (χ3v) is 5.10. The maximum Gasteiger partial charge on any atom is 0.231 e. The number of hydrogen-bond acceptors (Lipinski definition) is 4. The van der Waals surface area contributed by atoms with E-state index in [0.29, 0.717) is 31.0 Å². The molecule has 1 amide bonds. The Hall–Kier alpha value is -2.67. The number of carbonyl (C=O) groups excluding carboxylic acids is 1. The largest absolute Gasteiger partial charge is 0.341 e. The normalized spacial score (nSPS) is 15.3. The highest BCUT2D eigenvalue weighted by atomic mass is 35.5. The van der Waals surface area contributed by atoms with Crippen molar-refractivity contribution in [2.75, 3.05) is 23.3 Å². The second kappa shape index (κ2) is 7.15. The van der Waals surface area contributed by atoms with E-state index in [2.05, 4.69) is 20.4 Å². The van der Waals surface area contributed by atoms with Crippen molar-refractivity contribution in [1.29, 1.82) is 0 Å². The van der Waals surface area contributed by atoms with Gasteiger partial charge in [-0.25, -0.2) is 4.39 Å². The Bertz CT molecular complexity index is 997. The summed E-state index contributed by atoms with van der Waals surface area (Å²) in [5.74, 6) is -0.000179. The minimum atomic E-state index is -0.410. The van der Waals surface area contributed by atoms with Crippen LogP contribution in [0.1, 0.15) is 18.4 Å². The van der Waals surface area contributed by atoms with Crippen molar-refractivity contribution in [1.82, 2.24) is 14.6 Å². The van der Waals surface area contributed by atoms with Crippen LogP contribution < -0.4 is 10.2 Å². The van der Waals surface area contributed by atoms with E-state index >= 15 is 0 Å². The van der Waals surface area contributed by atoms with Crippen LogP contribution in [0.3, 0.4) is 0 Å². The van der Waals surface area contributed by atoms with E-state index in [0.717, 1.165) is 17.2 Å². The van der Waals surface area contributed by atoms with E-state index in [1.165, 1.54) is 6.07 Å². The quantitative estimate of drug-likeness (QED) is 0.744. The molecule has 4 rings (SSSR count). The lowest BCUT2D eigenvalue weighted by molar-refractivity contribution is -0.120. The van der Waals surface area contributed by atoms with Crippen LogP contribution in [-0.2, 0) is 4.79 Å². The number of halogens is 2. The molecule has 0 saturated carbocycles. The van der Waals surface area contributed by atoms with Gasteiger partial charge in [-0.2, -0.15) is 0 Å². The zero-order valence-corrected chi connectivity index (χ0v) is 15.6. The Labute approximate surface area is 161 Å². The number of aryl methyl sites for hydroxylation is 1. The van der Waals surface area contributed by atoms with Gasteiger partial charge in [-0.1, -0.05) is 17.7 Å². The van der Waals surface area contributed by atoms with Crippen LogP contribution in [0.4, 0.5) is 16.0 Å². The first kappa shape index (κ1) is 17.7. The van der Waals surface area contributed by atoms with Gasteiger partial charge in [-0.05, 0) is 49.6 Å². The third kappa shape index (κ3) is 3.60. The Kier molecular flexibility index (Phi) is 4.70. The fourth-order valence-corrected chi connectivity index (χ4v) is 3.53. The second-order valence-corrected chi connectivity index (χ2v) is 7.25. The molecule has 0 spiro atoms. The summed E-state index contributed by atoms with van der Waals surface area (Å²) in [5.41, 5.74) is 1.77. The minimum Gasteiger partial charge on any atom is -0.341 e. The van der Waals surface area contributed by atoms with Crippen molar-refractivity contribution in [3.05, 3.63) is 52.9 Å². The number of piperidine rings is 1. The molecule has 8 heteroatoms. The van der Waals surface area contributed by atoms with E-state index in [1.54, 1.807) is 24.4 Å². The summed E-state index contributed by atoms with van der Waals surface area (Å²) in [6.45, 7) is 3.15. The lowest BCUT2D eigenvalue weighted by Crippen LogP contribution is -2.39. The van der Waals surface area contributed by atoms with E-state index in [4.69, 9.17) is 11.6 Å². The number of nitrogens with one attached hydrogen (secondary N) is 1. The molecule has 1 aliphatic heterocycles. The number of nitrogens with zero attached hydrogens (tertiary/aromatic N) is 4. The summed E-state index contributed by atoms with van der Waals surface area (Å²) in [6, 6.07) is 8.39. The standard InChI is InChI=1S/C19H19ClFN5O/c1-12-2-4-16(15(21)10-12)22-18(27)13-6-8-25(9-7-13)19-24-23-17-5-3-14(20)11-26(17)19/h2-5,10-11,13H,6-9H2,1H3,(H,22,27). The predicted octanol–water partition coefficient (Wildman–Crippen LogP) is 3.69. The maximum absolute atomic E-state index is 14.0. The number of benzene rings is 1. The first-order valence-corrected chi connectivity index (χ1v) is 9.21. The molecular weight excluding hydrogens is 369 g/mol. The smallest absolute Gasteiger partial charge is 0.231 e. The summed E-state index contributed by atoms with van der Waals surface area (Å²) in [5, 5.41) is 11.7. The van der Waals surface area contributed by atoms with Gasteiger partial charge in [0.05, 0.1) is 10.7 Å². The summed E-state index contributed by atoms with van der Waals surface area (Å²) >= 11 is 6.07. The second-order valence-electron chi connectivity index (χ2n) is 6.81. The van der Waals surface area contributed by atoms with Crippen molar-refractivity contribution in [2.24, 2.45) is 5.92 Å². The molecule has 3 heterocycles. The van der Waals surface area contributed by atoms with Gasteiger partial charge in [-0.3, -0.25) is 9.20 Å². The summed E-state index contributed by atoms with van der Waals surface area (Å²) in [6.07, 6.45) is 3.11. The number of hydrogen-bond donors (Lipinski definition) is 1. The fraction of sp³-hybridized carbons (Fsp3) is 0.316. The zero-order chi connectivity index (χ0) is 19.0. The van der Waals surface area contributed by atoms with E-state index in [-0.39, 0.29) is 17.5 Å².